The van der Waals surface area contributed by atoms with Crippen molar-refractivity contribution in [2.24, 2.45) is 0 Å². The molecule has 0 saturated carbocycles. The molecule has 1 heterocycles. The number of aryl methyl sites for hydroxylation is 2. The smallest absolute Gasteiger partial charge is 0.309 e. The Bertz CT molecular complexity index is 3540. The van der Waals surface area contributed by atoms with Crippen molar-refractivity contribution in [2.45, 2.75) is 26.2 Å². The summed E-state index contributed by atoms with van der Waals surface area (Å²) < 4.78 is 84.5. The third-order valence-corrected chi connectivity index (χ3v) is 13.4. The van der Waals surface area contributed by atoms with Crippen LogP contribution in [0.3, 0.4) is 0 Å². The molecular formula is C64H43F6N. The summed E-state index contributed by atoms with van der Waals surface area (Å²) >= 11 is 0. The molecular weight excluding hydrogens is 897 g/mol. The topological polar surface area (TPSA) is 4.93 Å². The SMILES string of the molecule is Cc1ccc(-c2cc(-c3ccc(C(F)(F)F)cc3)cc(-c3ccc4c(c3)c3cc(-c5cc(-c6ccc(C)cc6)cc(-c6ccc(C(F)(F)F)cc6)c5)ccc3n4-c3ccccc3-c3ccccc3)c2)cc1. The summed E-state index contributed by atoms with van der Waals surface area (Å²) in [5.74, 6) is 0. The molecule has 0 fully saturated rings. The van der Waals surface area contributed by atoms with Gasteiger partial charge in [-0.15, -0.1) is 0 Å². The minimum Gasteiger partial charge on any atom is -0.309 e. The lowest BCUT2D eigenvalue weighted by atomic mass is 9.91. The molecule has 0 amide bonds. The Hall–Kier alpha value is -8.42. The normalized spacial score (nSPS) is 11.9. The number of halogens is 6. The molecule has 0 N–H and O–H groups in total. The van der Waals surface area contributed by atoms with Gasteiger partial charge in [0.05, 0.1) is 27.8 Å². The van der Waals surface area contributed by atoms with E-state index < -0.39 is 23.5 Å². The molecule has 0 unspecified atom stereocenters. The summed E-state index contributed by atoms with van der Waals surface area (Å²) in [7, 11) is 0. The Morgan fingerprint density at radius 1 is 0.282 bits per heavy atom. The van der Waals surface area contributed by atoms with E-state index in [0.717, 1.165) is 130 Å². The van der Waals surface area contributed by atoms with E-state index in [1.807, 2.05) is 68.4 Å². The van der Waals surface area contributed by atoms with Gasteiger partial charge in [0, 0.05) is 16.3 Å². The lowest BCUT2D eigenvalue weighted by Crippen LogP contribution is -2.04. The second-order valence-corrected chi connectivity index (χ2v) is 18.2. The molecule has 7 heteroatoms. The van der Waals surface area contributed by atoms with Crippen molar-refractivity contribution in [3.8, 4) is 83.6 Å². The first kappa shape index (κ1) is 45.0. The number of hydrogen-bond acceptors (Lipinski definition) is 0. The van der Waals surface area contributed by atoms with E-state index >= 15 is 0 Å². The highest BCUT2D eigenvalue weighted by molar-refractivity contribution is 6.12. The van der Waals surface area contributed by atoms with Crippen LogP contribution in [0.25, 0.3) is 105 Å². The Balaban J connectivity index is 1.13. The zero-order valence-corrected chi connectivity index (χ0v) is 38.6. The molecule has 0 saturated heterocycles. The van der Waals surface area contributed by atoms with Crippen LogP contribution in [0.5, 0.6) is 0 Å². The minimum absolute atomic E-state index is 0.664. The maximum Gasteiger partial charge on any atom is 0.416 e. The highest BCUT2D eigenvalue weighted by atomic mass is 19.4. The molecule has 71 heavy (non-hydrogen) atoms. The highest BCUT2D eigenvalue weighted by Crippen LogP contribution is 2.43. The fourth-order valence-corrected chi connectivity index (χ4v) is 9.62. The molecule has 0 atom stereocenters. The Morgan fingerprint density at radius 2 is 0.606 bits per heavy atom. The highest BCUT2D eigenvalue weighted by Gasteiger charge is 2.31. The number of alkyl halides is 6. The Labute approximate surface area is 407 Å². The van der Waals surface area contributed by atoms with E-state index in [1.165, 1.54) is 24.3 Å². The molecule has 10 aromatic carbocycles. The van der Waals surface area contributed by atoms with E-state index in [9.17, 15) is 26.3 Å². The lowest BCUT2D eigenvalue weighted by molar-refractivity contribution is -0.138. The fraction of sp³-hybridized carbons (Fsp3) is 0.0625. The Morgan fingerprint density at radius 3 is 0.986 bits per heavy atom. The minimum atomic E-state index is -4.46. The number of hydrogen-bond donors (Lipinski definition) is 0. The predicted octanol–water partition coefficient (Wildman–Crippen LogP) is 19.1. The lowest BCUT2D eigenvalue weighted by Gasteiger charge is -2.15. The van der Waals surface area contributed by atoms with Gasteiger partial charge >= 0.3 is 12.4 Å². The number of fused-ring (bicyclic) bond motifs is 3. The van der Waals surface area contributed by atoms with Crippen LogP contribution in [0.2, 0.25) is 0 Å². The number of aromatic nitrogens is 1. The third-order valence-electron chi connectivity index (χ3n) is 13.4. The van der Waals surface area contributed by atoms with Crippen LogP contribution in [0.4, 0.5) is 26.3 Å². The van der Waals surface area contributed by atoms with Crippen LogP contribution < -0.4 is 0 Å². The van der Waals surface area contributed by atoms with Gasteiger partial charge < -0.3 is 4.57 Å². The van der Waals surface area contributed by atoms with Crippen molar-refractivity contribution in [2.75, 3.05) is 0 Å². The summed E-state index contributed by atoms with van der Waals surface area (Å²) in [6.07, 6.45) is -8.91. The monoisotopic (exact) mass is 939 g/mol. The molecule has 11 aromatic rings. The maximum absolute atomic E-state index is 13.7. The van der Waals surface area contributed by atoms with Gasteiger partial charge in [-0.2, -0.15) is 26.3 Å². The van der Waals surface area contributed by atoms with E-state index in [1.54, 1.807) is 0 Å². The second kappa shape index (κ2) is 17.8. The first-order chi connectivity index (χ1) is 34.2. The van der Waals surface area contributed by atoms with Crippen LogP contribution in [-0.2, 0) is 12.4 Å². The molecule has 0 aliphatic rings. The van der Waals surface area contributed by atoms with Crippen molar-refractivity contribution < 1.29 is 26.3 Å². The van der Waals surface area contributed by atoms with Crippen LogP contribution >= 0.6 is 0 Å². The van der Waals surface area contributed by atoms with Crippen molar-refractivity contribution in [1.29, 1.82) is 0 Å². The average molecular weight is 940 g/mol. The quantitative estimate of drug-likeness (QED) is 0.134. The van der Waals surface area contributed by atoms with Crippen LogP contribution in [0.15, 0.2) is 224 Å². The standard InChI is InChI=1S/C64H43F6N/c1-40-12-16-42(17-13-40)49-32-51(44-20-26-55(27-21-44)63(65,66)67)36-53(34-49)47-24-30-61-58(38-47)59-39-48(25-31-62(59)71(61)60-11-7-6-10-57(60)46-8-4-3-5-9-46)54-35-50(43-18-14-41(2)15-19-43)33-52(37-54)45-22-28-56(29-23-45)64(68,69)70/h3-39H,1-2H3. The average Bonchev–Trinajstić information content (AvgIpc) is 3.71. The van der Waals surface area contributed by atoms with Gasteiger partial charge in [-0.05, 0) is 177 Å². The first-order valence-electron chi connectivity index (χ1n) is 23.3. The molecule has 346 valence electrons. The van der Waals surface area contributed by atoms with Gasteiger partial charge in [0.2, 0.25) is 0 Å². The molecule has 0 aliphatic carbocycles. The summed E-state index contributed by atoms with van der Waals surface area (Å²) in [4.78, 5) is 0. The summed E-state index contributed by atoms with van der Waals surface area (Å²) in [5.41, 5.74) is 16.2. The van der Waals surface area contributed by atoms with E-state index in [-0.39, 0.29) is 0 Å². The predicted molar refractivity (Wildman–Crippen MR) is 278 cm³/mol. The molecule has 0 bridgehead atoms. The summed E-state index contributed by atoms with van der Waals surface area (Å²) in [6, 6.07) is 71.0. The molecule has 0 aliphatic heterocycles. The van der Waals surface area contributed by atoms with E-state index in [0.29, 0.717) is 11.1 Å². The van der Waals surface area contributed by atoms with Crippen LogP contribution in [0, 0.1) is 13.8 Å². The van der Waals surface area contributed by atoms with E-state index in [4.69, 9.17) is 0 Å². The van der Waals surface area contributed by atoms with Gasteiger partial charge in [0.25, 0.3) is 0 Å². The van der Waals surface area contributed by atoms with Gasteiger partial charge in [0.1, 0.15) is 0 Å². The number of nitrogens with zero attached hydrogens (tertiary/aromatic N) is 1. The van der Waals surface area contributed by atoms with Crippen molar-refractivity contribution in [3.05, 3.63) is 247 Å². The number of para-hydroxylation sites is 1. The fourth-order valence-electron chi connectivity index (χ4n) is 9.62. The van der Waals surface area contributed by atoms with Gasteiger partial charge in [-0.1, -0.05) is 145 Å². The molecule has 1 aromatic heterocycles. The maximum atomic E-state index is 13.7. The summed E-state index contributed by atoms with van der Waals surface area (Å²) in [6.45, 7) is 4.06. The van der Waals surface area contributed by atoms with E-state index in [2.05, 4.69) is 126 Å². The zero-order chi connectivity index (χ0) is 49.0. The van der Waals surface area contributed by atoms with Gasteiger partial charge in [0.15, 0.2) is 0 Å². The second-order valence-electron chi connectivity index (χ2n) is 18.2. The van der Waals surface area contributed by atoms with Gasteiger partial charge in [-0.25, -0.2) is 0 Å². The molecule has 0 spiro atoms. The largest absolute Gasteiger partial charge is 0.416 e. The number of benzene rings is 10. The Kier molecular flexibility index (Phi) is 11.3. The molecule has 1 nitrogen and oxygen atoms in total. The zero-order valence-electron chi connectivity index (χ0n) is 38.6. The van der Waals surface area contributed by atoms with Crippen LogP contribution in [0.1, 0.15) is 22.3 Å². The third kappa shape index (κ3) is 8.92. The van der Waals surface area contributed by atoms with Gasteiger partial charge in [-0.3, -0.25) is 0 Å². The van der Waals surface area contributed by atoms with Crippen molar-refractivity contribution in [3.63, 3.8) is 0 Å². The molecule has 11 rings (SSSR count). The van der Waals surface area contributed by atoms with Crippen LogP contribution in [-0.4, -0.2) is 4.57 Å². The molecule has 0 radical (unpaired) electrons. The first-order valence-corrected chi connectivity index (χ1v) is 23.3. The van der Waals surface area contributed by atoms with Crippen molar-refractivity contribution >= 4 is 21.8 Å². The number of rotatable bonds is 8. The summed E-state index contributed by atoms with van der Waals surface area (Å²) in [5, 5.41) is 1.97. The van der Waals surface area contributed by atoms with Crippen molar-refractivity contribution in [1.82, 2.24) is 4.57 Å².